The molecular weight excluding hydrogens is 445 g/mol. The van der Waals surface area contributed by atoms with Crippen LogP contribution in [-0.4, -0.2) is 6.18 Å². The average molecular weight is 470 g/mol. The van der Waals surface area contributed by atoms with Gasteiger partial charge in [-0.3, -0.25) is 0 Å². The van der Waals surface area contributed by atoms with Gasteiger partial charge in [0.15, 0.2) is 0 Å². The molecule has 0 radical (unpaired) electrons. The van der Waals surface area contributed by atoms with Gasteiger partial charge < -0.3 is 0 Å². The van der Waals surface area contributed by atoms with E-state index in [1.807, 2.05) is 13.0 Å². The Kier molecular flexibility index (Phi) is 8.03. The zero-order valence-corrected chi connectivity index (χ0v) is 18.2. The van der Waals surface area contributed by atoms with Crippen molar-refractivity contribution in [1.82, 2.24) is 0 Å². The normalized spacial score (nSPS) is 19.6. The Morgan fingerprint density at radius 2 is 1.42 bits per heavy atom. The first-order valence-corrected chi connectivity index (χ1v) is 10.9. The molecule has 0 N–H and O–H groups in total. The van der Waals surface area contributed by atoms with E-state index < -0.39 is 46.1 Å². The molecule has 0 heterocycles. The lowest BCUT2D eigenvalue weighted by molar-refractivity contribution is -0.0790. The molecular formula is C26H25F7. The largest absolute Gasteiger partial charge is 0.409 e. The van der Waals surface area contributed by atoms with Gasteiger partial charge >= 0.3 is 6.18 Å². The van der Waals surface area contributed by atoms with Crippen LogP contribution in [0.15, 0.2) is 42.5 Å². The lowest BCUT2D eigenvalue weighted by Crippen LogP contribution is -2.14. The number of alkyl halides is 3. The number of rotatable bonds is 6. The molecule has 0 amide bonds. The van der Waals surface area contributed by atoms with Crippen molar-refractivity contribution >= 4 is 6.08 Å². The lowest BCUT2D eigenvalue weighted by Gasteiger charge is -2.29. The van der Waals surface area contributed by atoms with Gasteiger partial charge in [0.25, 0.3) is 0 Å². The van der Waals surface area contributed by atoms with E-state index in [2.05, 4.69) is 6.08 Å². The van der Waals surface area contributed by atoms with E-state index in [1.54, 1.807) is 0 Å². The Morgan fingerprint density at radius 1 is 0.848 bits per heavy atom. The highest BCUT2D eigenvalue weighted by Crippen LogP contribution is 2.40. The number of hydrogen-bond acceptors (Lipinski definition) is 0. The molecule has 0 spiro atoms. The zero-order chi connectivity index (χ0) is 24.2. The van der Waals surface area contributed by atoms with Crippen LogP contribution < -0.4 is 0 Å². The number of allylic oxidation sites excluding steroid dienone is 3. The number of halogens is 7. The summed E-state index contributed by atoms with van der Waals surface area (Å²) in [6, 6.07) is 3.65. The Labute approximate surface area is 188 Å². The van der Waals surface area contributed by atoms with Crippen molar-refractivity contribution in [2.24, 2.45) is 5.92 Å². The monoisotopic (exact) mass is 470 g/mol. The molecule has 3 rings (SSSR count). The third kappa shape index (κ3) is 6.49. The van der Waals surface area contributed by atoms with Crippen molar-refractivity contribution in [3.63, 3.8) is 0 Å². The first-order valence-electron chi connectivity index (χ1n) is 10.9. The minimum atomic E-state index is -4.75. The fourth-order valence-corrected chi connectivity index (χ4v) is 4.45. The molecule has 1 aliphatic carbocycles. The van der Waals surface area contributed by atoms with Crippen LogP contribution in [-0.2, 0) is 0 Å². The van der Waals surface area contributed by atoms with Gasteiger partial charge in [-0.15, -0.1) is 0 Å². The van der Waals surface area contributed by atoms with Gasteiger partial charge in [0.2, 0.25) is 0 Å². The van der Waals surface area contributed by atoms with Gasteiger partial charge in [-0.05, 0) is 98.8 Å². The molecule has 0 unspecified atom stereocenters. The fourth-order valence-electron chi connectivity index (χ4n) is 4.45. The highest BCUT2D eigenvalue weighted by atomic mass is 19.4. The summed E-state index contributed by atoms with van der Waals surface area (Å²) in [6.07, 6.45) is 4.99. The minimum absolute atomic E-state index is 0.00405. The molecule has 0 aliphatic heterocycles. The molecule has 178 valence electrons. The van der Waals surface area contributed by atoms with Crippen LogP contribution in [0.25, 0.3) is 17.2 Å². The highest BCUT2D eigenvalue weighted by molar-refractivity contribution is 5.68. The Bertz CT molecular complexity index is 979. The van der Waals surface area contributed by atoms with Gasteiger partial charge in [-0.1, -0.05) is 12.2 Å². The fraction of sp³-hybridized carbons (Fsp3) is 0.385. The molecule has 1 saturated carbocycles. The van der Waals surface area contributed by atoms with Crippen LogP contribution in [0.5, 0.6) is 0 Å². The molecule has 1 aliphatic rings. The standard InChI is InChI=1S/C26H25F7/c1-2-3-4-5-16-6-8-17(9-7-16)18-12-23(29)25(24(30)13-18)19-14-21(27)20(22(28)15-19)10-11-26(31,32)33/h2-3,10-17H,4-9H2,1H3/b3-2+,11-10+. The van der Waals surface area contributed by atoms with Crippen LogP contribution in [0.2, 0.25) is 0 Å². The van der Waals surface area contributed by atoms with Gasteiger partial charge in [0.1, 0.15) is 23.3 Å². The van der Waals surface area contributed by atoms with Crippen LogP contribution >= 0.6 is 0 Å². The quantitative estimate of drug-likeness (QED) is 0.292. The van der Waals surface area contributed by atoms with Gasteiger partial charge in [0.05, 0.1) is 5.56 Å². The summed E-state index contributed by atoms with van der Waals surface area (Å²) in [5.41, 5.74) is -1.45. The molecule has 2 aromatic rings. The Balaban J connectivity index is 1.81. The lowest BCUT2D eigenvalue weighted by atomic mass is 9.77. The van der Waals surface area contributed by atoms with Crippen molar-refractivity contribution in [3.8, 4) is 11.1 Å². The summed E-state index contributed by atoms with van der Waals surface area (Å²) >= 11 is 0. The molecule has 0 bridgehead atoms. The van der Waals surface area contributed by atoms with E-state index >= 15 is 0 Å². The topological polar surface area (TPSA) is 0 Å². The van der Waals surface area contributed by atoms with Gasteiger partial charge in [-0.25, -0.2) is 17.6 Å². The molecule has 0 nitrogen and oxygen atoms in total. The van der Waals surface area contributed by atoms with E-state index in [4.69, 9.17) is 0 Å². The minimum Gasteiger partial charge on any atom is -0.206 e. The summed E-state index contributed by atoms with van der Waals surface area (Å²) in [5.74, 6) is -4.02. The summed E-state index contributed by atoms with van der Waals surface area (Å²) in [6.45, 7) is 1.98. The van der Waals surface area contributed by atoms with Crippen molar-refractivity contribution in [2.45, 2.75) is 57.5 Å². The molecule has 0 aromatic heterocycles. The summed E-state index contributed by atoms with van der Waals surface area (Å²) < 4.78 is 95.1. The van der Waals surface area contributed by atoms with E-state index in [1.165, 1.54) is 12.1 Å². The van der Waals surface area contributed by atoms with Crippen LogP contribution in [0.3, 0.4) is 0 Å². The summed E-state index contributed by atoms with van der Waals surface area (Å²) in [7, 11) is 0. The number of benzene rings is 2. The second-order valence-electron chi connectivity index (χ2n) is 8.45. The smallest absolute Gasteiger partial charge is 0.206 e. The SMILES string of the molecule is C/C=C/CCC1CCC(c2cc(F)c(-c3cc(F)c(/C=C/C(F)(F)F)c(F)c3)c(F)c2)CC1. The third-order valence-electron chi connectivity index (χ3n) is 6.17. The van der Waals surface area contributed by atoms with Crippen LogP contribution in [0.1, 0.15) is 62.5 Å². The molecule has 33 heavy (non-hydrogen) atoms. The zero-order valence-electron chi connectivity index (χ0n) is 18.2. The van der Waals surface area contributed by atoms with Crippen molar-refractivity contribution in [3.05, 3.63) is 76.9 Å². The first-order chi connectivity index (χ1) is 15.6. The first kappa shape index (κ1) is 25.1. The average Bonchev–Trinajstić information content (AvgIpc) is 2.72. The molecule has 7 heteroatoms. The Hall–Kier alpha value is -2.57. The van der Waals surface area contributed by atoms with Gasteiger partial charge in [0, 0.05) is 11.6 Å². The highest BCUT2D eigenvalue weighted by Gasteiger charge is 2.26. The molecule has 0 saturated heterocycles. The molecule has 0 atom stereocenters. The summed E-state index contributed by atoms with van der Waals surface area (Å²) in [5, 5.41) is 0. The third-order valence-corrected chi connectivity index (χ3v) is 6.17. The van der Waals surface area contributed by atoms with Gasteiger partial charge in [-0.2, -0.15) is 13.2 Å². The van der Waals surface area contributed by atoms with E-state index in [0.29, 0.717) is 23.6 Å². The Morgan fingerprint density at radius 3 is 1.94 bits per heavy atom. The predicted octanol–water partition coefficient (Wildman–Crippen LogP) is 9.12. The summed E-state index contributed by atoms with van der Waals surface area (Å²) in [4.78, 5) is 0. The van der Waals surface area contributed by atoms with E-state index in [9.17, 15) is 30.7 Å². The van der Waals surface area contributed by atoms with Crippen LogP contribution in [0, 0.1) is 29.2 Å². The van der Waals surface area contributed by atoms with Crippen molar-refractivity contribution < 1.29 is 30.7 Å². The van der Waals surface area contributed by atoms with E-state index in [0.717, 1.165) is 38.5 Å². The van der Waals surface area contributed by atoms with E-state index in [-0.39, 0.29) is 18.1 Å². The van der Waals surface area contributed by atoms with Crippen molar-refractivity contribution in [2.75, 3.05) is 0 Å². The maximum atomic E-state index is 14.8. The van der Waals surface area contributed by atoms with Crippen molar-refractivity contribution in [1.29, 1.82) is 0 Å². The second kappa shape index (κ2) is 10.6. The number of hydrogen-bond donors (Lipinski definition) is 0. The second-order valence-corrected chi connectivity index (χ2v) is 8.45. The van der Waals surface area contributed by atoms with Crippen LogP contribution in [0.4, 0.5) is 30.7 Å². The molecule has 1 fully saturated rings. The maximum Gasteiger partial charge on any atom is 0.409 e. The predicted molar refractivity (Wildman–Crippen MR) is 116 cm³/mol. The molecule has 2 aromatic carbocycles. The maximum absolute atomic E-state index is 14.8.